The van der Waals surface area contributed by atoms with Gasteiger partial charge in [-0.25, -0.2) is 13.9 Å². The van der Waals surface area contributed by atoms with E-state index in [0.29, 0.717) is 24.2 Å². The van der Waals surface area contributed by atoms with Crippen molar-refractivity contribution in [3.05, 3.63) is 42.5 Å². The Hall–Kier alpha value is -2.41. The number of benzene rings is 1. The number of aliphatic hydroxyl groups is 1. The Morgan fingerprint density at radius 3 is 2.83 bits per heavy atom. The van der Waals surface area contributed by atoms with E-state index in [1.165, 1.54) is 23.1 Å². The molecular formula is C16H19FN4O2. The van der Waals surface area contributed by atoms with Crippen LogP contribution in [0.4, 0.5) is 14.9 Å². The van der Waals surface area contributed by atoms with Crippen molar-refractivity contribution in [2.75, 3.05) is 11.9 Å². The normalized spacial score (nSPS) is 16.3. The van der Waals surface area contributed by atoms with Crippen molar-refractivity contribution in [1.29, 1.82) is 0 Å². The van der Waals surface area contributed by atoms with Gasteiger partial charge in [-0.3, -0.25) is 0 Å². The molecule has 23 heavy (non-hydrogen) atoms. The predicted octanol–water partition coefficient (Wildman–Crippen LogP) is 2.44. The first-order valence-corrected chi connectivity index (χ1v) is 7.63. The molecule has 2 aromatic rings. The van der Waals surface area contributed by atoms with Gasteiger partial charge in [-0.05, 0) is 25.0 Å². The fraction of sp³-hybridized carbons (Fsp3) is 0.375. The molecule has 1 heterocycles. The smallest absolute Gasteiger partial charge is 0.319 e. The molecule has 7 heteroatoms. The highest BCUT2D eigenvalue weighted by Gasteiger charge is 2.31. The molecule has 0 unspecified atom stereocenters. The van der Waals surface area contributed by atoms with Crippen LogP contribution in [-0.4, -0.2) is 33.1 Å². The highest BCUT2D eigenvalue weighted by atomic mass is 19.1. The highest BCUT2D eigenvalue weighted by Crippen LogP contribution is 2.28. The summed E-state index contributed by atoms with van der Waals surface area (Å²) in [5, 5.41) is 19.5. The molecule has 0 radical (unpaired) electrons. The SMILES string of the molecule is O=C(NCC1(O)CCCC1)Nc1cnn(-c2ccccc2F)c1. The van der Waals surface area contributed by atoms with Gasteiger partial charge in [0.25, 0.3) is 0 Å². The van der Waals surface area contributed by atoms with Gasteiger partial charge in [0.2, 0.25) is 0 Å². The maximum atomic E-state index is 13.7. The van der Waals surface area contributed by atoms with Crippen LogP contribution in [0.5, 0.6) is 0 Å². The molecule has 1 aliphatic rings. The maximum absolute atomic E-state index is 13.7. The molecule has 0 spiro atoms. The quantitative estimate of drug-likeness (QED) is 0.810. The first kappa shape index (κ1) is 15.5. The van der Waals surface area contributed by atoms with Crippen molar-refractivity contribution in [2.24, 2.45) is 0 Å². The van der Waals surface area contributed by atoms with E-state index in [9.17, 15) is 14.3 Å². The lowest BCUT2D eigenvalue weighted by Gasteiger charge is -2.22. The van der Waals surface area contributed by atoms with Crippen molar-refractivity contribution < 1.29 is 14.3 Å². The Morgan fingerprint density at radius 2 is 2.09 bits per heavy atom. The van der Waals surface area contributed by atoms with Gasteiger partial charge in [0.1, 0.15) is 11.5 Å². The number of rotatable bonds is 4. The number of anilines is 1. The van der Waals surface area contributed by atoms with Crippen LogP contribution in [-0.2, 0) is 0 Å². The molecule has 1 aromatic carbocycles. The van der Waals surface area contributed by atoms with Crippen LogP contribution >= 0.6 is 0 Å². The van der Waals surface area contributed by atoms with Gasteiger partial charge in [0.15, 0.2) is 0 Å². The summed E-state index contributed by atoms with van der Waals surface area (Å²) in [6, 6.07) is 5.84. The number of hydrogen-bond acceptors (Lipinski definition) is 3. The lowest BCUT2D eigenvalue weighted by Crippen LogP contribution is -2.42. The molecule has 1 saturated carbocycles. The van der Waals surface area contributed by atoms with Crippen LogP contribution in [0.25, 0.3) is 5.69 Å². The van der Waals surface area contributed by atoms with E-state index >= 15 is 0 Å². The molecule has 122 valence electrons. The Bertz CT molecular complexity index is 695. The molecule has 3 rings (SSSR count). The van der Waals surface area contributed by atoms with Crippen LogP contribution in [0, 0.1) is 5.82 Å². The zero-order chi connectivity index (χ0) is 16.3. The monoisotopic (exact) mass is 318 g/mol. The Labute approximate surface area is 133 Å². The van der Waals surface area contributed by atoms with Gasteiger partial charge < -0.3 is 15.7 Å². The number of hydrogen-bond donors (Lipinski definition) is 3. The van der Waals surface area contributed by atoms with E-state index in [1.807, 2.05) is 0 Å². The topological polar surface area (TPSA) is 79.2 Å². The number of nitrogens with zero attached hydrogens (tertiary/aromatic N) is 2. The van der Waals surface area contributed by atoms with Gasteiger partial charge in [0, 0.05) is 6.54 Å². The second-order valence-corrected chi connectivity index (χ2v) is 5.86. The number of aromatic nitrogens is 2. The van der Waals surface area contributed by atoms with Crippen molar-refractivity contribution in [3.8, 4) is 5.69 Å². The zero-order valence-corrected chi connectivity index (χ0v) is 12.6. The second kappa shape index (κ2) is 6.37. The largest absolute Gasteiger partial charge is 0.388 e. The van der Waals surface area contributed by atoms with E-state index in [0.717, 1.165) is 12.8 Å². The van der Waals surface area contributed by atoms with E-state index in [4.69, 9.17) is 0 Å². The molecule has 6 nitrogen and oxygen atoms in total. The number of para-hydroxylation sites is 1. The molecular weight excluding hydrogens is 299 g/mol. The summed E-state index contributed by atoms with van der Waals surface area (Å²) in [7, 11) is 0. The lowest BCUT2D eigenvalue weighted by molar-refractivity contribution is 0.0506. The van der Waals surface area contributed by atoms with Gasteiger partial charge in [-0.15, -0.1) is 0 Å². The van der Waals surface area contributed by atoms with E-state index in [-0.39, 0.29) is 6.54 Å². The van der Waals surface area contributed by atoms with Crippen LogP contribution < -0.4 is 10.6 Å². The molecule has 0 aliphatic heterocycles. The maximum Gasteiger partial charge on any atom is 0.319 e. The minimum atomic E-state index is -0.797. The summed E-state index contributed by atoms with van der Waals surface area (Å²) < 4.78 is 15.1. The molecule has 0 saturated heterocycles. The predicted molar refractivity (Wildman–Crippen MR) is 84.0 cm³/mol. The average molecular weight is 318 g/mol. The fourth-order valence-electron chi connectivity index (χ4n) is 2.79. The Balaban J connectivity index is 1.58. The summed E-state index contributed by atoms with van der Waals surface area (Å²) in [4.78, 5) is 11.9. The third-order valence-electron chi connectivity index (χ3n) is 4.05. The number of carbonyl (C=O) groups is 1. The Kier molecular flexibility index (Phi) is 4.29. The van der Waals surface area contributed by atoms with Crippen LogP contribution in [0.2, 0.25) is 0 Å². The second-order valence-electron chi connectivity index (χ2n) is 5.86. The van der Waals surface area contributed by atoms with Crippen molar-refractivity contribution in [2.45, 2.75) is 31.3 Å². The van der Waals surface area contributed by atoms with Crippen LogP contribution in [0.15, 0.2) is 36.7 Å². The molecule has 0 bridgehead atoms. The molecule has 3 N–H and O–H groups in total. The number of carbonyl (C=O) groups excluding carboxylic acids is 1. The van der Waals surface area contributed by atoms with Crippen LogP contribution in [0.3, 0.4) is 0 Å². The first-order chi connectivity index (χ1) is 11.1. The number of urea groups is 1. The Morgan fingerprint density at radius 1 is 1.35 bits per heavy atom. The van der Waals surface area contributed by atoms with Crippen molar-refractivity contribution >= 4 is 11.7 Å². The van der Waals surface area contributed by atoms with Gasteiger partial charge >= 0.3 is 6.03 Å². The number of nitrogens with one attached hydrogen (secondary N) is 2. The minimum absolute atomic E-state index is 0.223. The number of amides is 2. The average Bonchev–Trinajstić information content (AvgIpc) is 3.16. The molecule has 1 fully saturated rings. The standard InChI is InChI=1S/C16H19FN4O2/c17-13-5-1-2-6-14(13)21-10-12(9-19-21)20-15(22)18-11-16(23)7-3-4-8-16/h1-2,5-6,9-10,23H,3-4,7-8,11H2,(H2,18,20,22). The van der Waals surface area contributed by atoms with Crippen molar-refractivity contribution in [1.82, 2.24) is 15.1 Å². The number of halogens is 1. The summed E-state index contributed by atoms with van der Waals surface area (Å²) in [5.74, 6) is -0.393. The fourth-order valence-corrected chi connectivity index (χ4v) is 2.79. The summed E-state index contributed by atoms with van der Waals surface area (Å²) in [5.41, 5.74) is -0.0419. The van der Waals surface area contributed by atoms with Gasteiger partial charge in [-0.2, -0.15) is 5.10 Å². The zero-order valence-electron chi connectivity index (χ0n) is 12.6. The molecule has 1 aliphatic carbocycles. The third-order valence-corrected chi connectivity index (χ3v) is 4.05. The first-order valence-electron chi connectivity index (χ1n) is 7.63. The summed E-state index contributed by atoms with van der Waals surface area (Å²) in [6.45, 7) is 0.223. The lowest BCUT2D eigenvalue weighted by atomic mass is 10.0. The summed E-state index contributed by atoms with van der Waals surface area (Å²) >= 11 is 0. The van der Waals surface area contributed by atoms with E-state index in [2.05, 4.69) is 15.7 Å². The third kappa shape index (κ3) is 3.68. The highest BCUT2D eigenvalue weighted by molar-refractivity contribution is 5.89. The van der Waals surface area contributed by atoms with Crippen molar-refractivity contribution in [3.63, 3.8) is 0 Å². The van der Waals surface area contributed by atoms with Gasteiger partial charge in [-0.1, -0.05) is 25.0 Å². The molecule has 0 atom stereocenters. The molecule has 1 aromatic heterocycles. The summed E-state index contributed by atoms with van der Waals surface area (Å²) in [6.07, 6.45) is 6.35. The minimum Gasteiger partial charge on any atom is -0.388 e. The van der Waals surface area contributed by atoms with Gasteiger partial charge in [0.05, 0.1) is 23.7 Å². The van der Waals surface area contributed by atoms with E-state index < -0.39 is 17.4 Å². The van der Waals surface area contributed by atoms with E-state index in [1.54, 1.807) is 18.2 Å². The molecule has 2 amide bonds. The van der Waals surface area contributed by atoms with Crippen LogP contribution in [0.1, 0.15) is 25.7 Å².